The molecule has 3 heteroatoms. The first-order valence-corrected chi connectivity index (χ1v) is 8.52. The maximum atomic E-state index is 4.71. The normalized spacial score (nSPS) is 30.5. The van der Waals surface area contributed by atoms with Crippen molar-refractivity contribution < 1.29 is 0 Å². The Kier molecular flexibility index (Phi) is 4.32. The summed E-state index contributed by atoms with van der Waals surface area (Å²) in [5.41, 5.74) is 2.66. The Balaban J connectivity index is 1.73. The third-order valence-corrected chi connectivity index (χ3v) is 5.20. The van der Waals surface area contributed by atoms with Crippen molar-refractivity contribution in [2.24, 2.45) is 5.92 Å². The number of rotatable bonds is 5. The lowest BCUT2D eigenvalue weighted by Crippen LogP contribution is -2.63. The van der Waals surface area contributed by atoms with E-state index < -0.39 is 0 Å². The minimum atomic E-state index is 0.314. The van der Waals surface area contributed by atoms with Crippen molar-refractivity contribution in [1.29, 1.82) is 0 Å². The topological polar surface area (TPSA) is 28.2 Å². The van der Waals surface area contributed by atoms with E-state index in [0.717, 1.165) is 31.2 Å². The molecule has 1 aliphatic carbocycles. The van der Waals surface area contributed by atoms with Crippen LogP contribution in [0.2, 0.25) is 0 Å². The lowest BCUT2D eigenvalue weighted by atomic mass is 9.90. The van der Waals surface area contributed by atoms with Crippen LogP contribution in [0.1, 0.15) is 50.9 Å². The van der Waals surface area contributed by atoms with Gasteiger partial charge in [0.25, 0.3) is 0 Å². The van der Waals surface area contributed by atoms with Crippen LogP contribution in [-0.4, -0.2) is 34.6 Å². The average Bonchev–Trinajstić information content (AvgIpc) is 3.27. The molecule has 1 aromatic heterocycles. The van der Waals surface area contributed by atoms with Crippen molar-refractivity contribution in [2.45, 2.75) is 64.6 Å². The second-order valence-corrected chi connectivity index (χ2v) is 7.19. The summed E-state index contributed by atoms with van der Waals surface area (Å²) in [5, 5.41) is 3.86. The number of hydrogen-bond donors (Lipinski definition) is 1. The number of hydrogen-bond acceptors (Lipinski definition) is 3. The lowest BCUT2D eigenvalue weighted by molar-refractivity contribution is 0.0628. The summed E-state index contributed by atoms with van der Waals surface area (Å²) in [6.07, 6.45) is 5.33. The molecule has 0 radical (unpaired) electrons. The monoisotopic (exact) mass is 287 g/mol. The van der Waals surface area contributed by atoms with Gasteiger partial charge < -0.3 is 5.32 Å². The van der Waals surface area contributed by atoms with E-state index in [-0.39, 0.29) is 0 Å². The second kappa shape index (κ2) is 6.05. The quantitative estimate of drug-likeness (QED) is 0.902. The first kappa shape index (κ1) is 15.0. The number of aromatic nitrogens is 1. The first-order valence-electron chi connectivity index (χ1n) is 8.52. The molecule has 0 spiro atoms. The predicted octanol–water partition coefficient (Wildman–Crippen LogP) is 3.13. The largest absolute Gasteiger partial charge is 0.308 e. The van der Waals surface area contributed by atoms with Gasteiger partial charge in [-0.1, -0.05) is 19.4 Å². The zero-order valence-electron chi connectivity index (χ0n) is 13.7. The van der Waals surface area contributed by atoms with Crippen molar-refractivity contribution in [2.75, 3.05) is 13.1 Å². The van der Waals surface area contributed by atoms with Gasteiger partial charge in [0.05, 0.1) is 5.69 Å². The molecule has 0 amide bonds. The van der Waals surface area contributed by atoms with Gasteiger partial charge in [0.2, 0.25) is 0 Å². The van der Waals surface area contributed by atoms with Crippen LogP contribution in [0.5, 0.6) is 0 Å². The number of nitrogens with zero attached hydrogens (tertiary/aromatic N) is 2. The van der Waals surface area contributed by atoms with E-state index in [1.165, 1.54) is 31.4 Å². The van der Waals surface area contributed by atoms with Gasteiger partial charge in [-0.25, -0.2) is 0 Å². The summed E-state index contributed by atoms with van der Waals surface area (Å²) in [5.74, 6) is 0.882. The summed E-state index contributed by atoms with van der Waals surface area (Å²) < 4.78 is 0. The van der Waals surface area contributed by atoms with Gasteiger partial charge >= 0.3 is 0 Å². The molecule has 2 aliphatic rings. The predicted molar refractivity (Wildman–Crippen MR) is 87.2 cm³/mol. The molecule has 2 atom stereocenters. The molecule has 116 valence electrons. The molecule has 1 aromatic rings. The van der Waals surface area contributed by atoms with Gasteiger partial charge in [-0.2, -0.15) is 0 Å². The molecule has 3 nitrogen and oxygen atoms in total. The van der Waals surface area contributed by atoms with E-state index >= 15 is 0 Å². The highest BCUT2D eigenvalue weighted by Gasteiger charge is 2.45. The van der Waals surface area contributed by atoms with E-state index in [1.54, 1.807) is 0 Å². The molecule has 1 aliphatic heterocycles. The van der Waals surface area contributed by atoms with Crippen LogP contribution in [0.4, 0.5) is 0 Å². The molecule has 0 bridgehead atoms. The third-order valence-electron chi connectivity index (χ3n) is 5.20. The molecule has 2 fully saturated rings. The van der Waals surface area contributed by atoms with Crippen molar-refractivity contribution in [3.8, 4) is 0 Å². The van der Waals surface area contributed by atoms with Crippen molar-refractivity contribution >= 4 is 0 Å². The van der Waals surface area contributed by atoms with Gasteiger partial charge in [-0.15, -0.1) is 0 Å². The van der Waals surface area contributed by atoms with Crippen LogP contribution in [0.3, 0.4) is 0 Å². The molecule has 2 unspecified atom stereocenters. The summed E-state index contributed by atoms with van der Waals surface area (Å²) in [6.45, 7) is 10.1. The minimum absolute atomic E-state index is 0.314. The zero-order chi connectivity index (χ0) is 14.9. The maximum Gasteiger partial charge on any atom is 0.0547 e. The van der Waals surface area contributed by atoms with E-state index in [4.69, 9.17) is 4.98 Å². The molecule has 2 heterocycles. The highest BCUT2D eigenvalue weighted by atomic mass is 15.3. The second-order valence-electron chi connectivity index (χ2n) is 7.19. The van der Waals surface area contributed by atoms with E-state index in [1.807, 2.05) is 0 Å². The van der Waals surface area contributed by atoms with E-state index in [2.05, 4.69) is 49.2 Å². The van der Waals surface area contributed by atoms with Crippen molar-refractivity contribution in [3.63, 3.8) is 0 Å². The Labute approximate surface area is 129 Å². The Hall–Kier alpha value is -0.930. The van der Waals surface area contributed by atoms with Gasteiger partial charge in [0, 0.05) is 36.9 Å². The van der Waals surface area contributed by atoms with Crippen LogP contribution in [-0.2, 0) is 6.54 Å². The third kappa shape index (κ3) is 3.46. The Morgan fingerprint density at radius 1 is 1.38 bits per heavy atom. The fraction of sp³-hybridized carbons (Fsp3) is 0.722. The number of aryl methyl sites for hydroxylation is 1. The van der Waals surface area contributed by atoms with Gasteiger partial charge in [-0.05, 0) is 51.2 Å². The van der Waals surface area contributed by atoms with Crippen LogP contribution < -0.4 is 5.32 Å². The van der Waals surface area contributed by atoms with E-state index in [9.17, 15) is 0 Å². The highest BCUT2D eigenvalue weighted by Crippen LogP contribution is 2.41. The summed E-state index contributed by atoms with van der Waals surface area (Å²) in [7, 11) is 0. The zero-order valence-corrected chi connectivity index (χ0v) is 13.7. The van der Waals surface area contributed by atoms with Crippen molar-refractivity contribution in [1.82, 2.24) is 15.2 Å². The SMILES string of the molecule is CCCC1CNC(C)(C2CC2)CN1Cc1cccc(C)n1. The molecule has 3 rings (SSSR count). The molecule has 21 heavy (non-hydrogen) atoms. The molecule has 1 saturated carbocycles. The molecular formula is C18H29N3. The molecule has 1 N–H and O–H groups in total. The molecule has 1 saturated heterocycles. The number of nitrogens with one attached hydrogen (secondary N) is 1. The van der Waals surface area contributed by atoms with Gasteiger partial charge in [0.15, 0.2) is 0 Å². The van der Waals surface area contributed by atoms with Gasteiger partial charge in [0.1, 0.15) is 0 Å². The number of pyridine rings is 1. The van der Waals surface area contributed by atoms with Crippen LogP contribution in [0, 0.1) is 12.8 Å². The summed E-state index contributed by atoms with van der Waals surface area (Å²) >= 11 is 0. The fourth-order valence-electron chi connectivity index (χ4n) is 3.78. The standard InChI is InChI=1S/C18H29N3/c1-4-6-17-11-19-18(3,15-9-10-15)13-21(17)12-16-8-5-7-14(2)20-16/h5,7-8,15,17,19H,4,6,9-13H2,1-3H3. The average molecular weight is 287 g/mol. The first-order chi connectivity index (χ1) is 10.1. The maximum absolute atomic E-state index is 4.71. The Morgan fingerprint density at radius 3 is 2.86 bits per heavy atom. The smallest absolute Gasteiger partial charge is 0.0547 e. The number of piperazine rings is 1. The molecular weight excluding hydrogens is 258 g/mol. The lowest BCUT2D eigenvalue weighted by Gasteiger charge is -2.46. The van der Waals surface area contributed by atoms with Crippen LogP contribution in [0.25, 0.3) is 0 Å². The fourth-order valence-corrected chi connectivity index (χ4v) is 3.78. The minimum Gasteiger partial charge on any atom is -0.308 e. The summed E-state index contributed by atoms with van der Waals surface area (Å²) in [6, 6.07) is 7.05. The Bertz CT molecular complexity index is 483. The van der Waals surface area contributed by atoms with Crippen LogP contribution in [0.15, 0.2) is 18.2 Å². The molecule has 0 aromatic carbocycles. The Morgan fingerprint density at radius 2 is 2.19 bits per heavy atom. The van der Waals surface area contributed by atoms with Gasteiger partial charge in [-0.3, -0.25) is 9.88 Å². The van der Waals surface area contributed by atoms with E-state index in [0.29, 0.717) is 11.6 Å². The van der Waals surface area contributed by atoms with Crippen LogP contribution >= 0.6 is 0 Å². The van der Waals surface area contributed by atoms with Crippen molar-refractivity contribution in [3.05, 3.63) is 29.6 Å². The summed E-state index contributed by atoms with van der Waals surface area (Å²) in [4.78, 5) is 7.39. The highest BCUT2D eigenvalue weighted by molar-refractivity contribution is 5.11.